The maximum atomic E-state index is 12.6. The molecule has 0 unspecified atom stereocenters. The van der Waals surface area contributed by atoms with Crippen LogP contribution in [0.25, 0.3) is 11.3 Å². The Kier molecular flexibility index (Phi) is 3.77. The number of halogens is 3. The van der Waals surface area contributed by atoms with Crippen LogP contribution in [0.15, 0.2) is 12.1 Å². The van der Waals surface area contributed by atoms with Gasteiger partial charge >= 0.3 is 6.43 Å². The van der Waals surface area contributed by atoms with E-state index in [1.54, 1.807) is 13.0 Å². The van der Waals surface area contributed by atoms with Crippen molar-refractivity contribution in [1.82, 2.24) is 15.2 Å². The van der Waals surface area contributed by atoms with Crippen LogP contribution in [0.5, 0.6) is 0 Å². The Balaban J connectivity index is 2.73. The molecule has 0 amide bonds. The smallest absolute Gasteiger partial charge is 0.288 e. The number of aromatic nitrogens is 3. The summed E-state index contributed by atoms with van der Waals surface area (Å²) in [6.07, 6.45) is -3.17. The van der Waals surface area contributed by atoms with Crippen LogP contribution in [0.2, 0.25) is 5.15 Å². The van der Waals surface area contributed by atoms with Gasteiger partial charge in [-0.1, -0.05) is 11.6 Å². The number of nitriles is 1. The number of ketones is 1. The number of rotatable bonds is 3. The molecule has 0 aliphatic heterocycles. The summed E-state index contributed by atoms with van der Waals surface area (Å²) >= 11 is 5.74. The SMILES string of the molecule is Cc1[nH]nc(C#N)c1-c1nc(Cl)ccc1C(=O)C(F)F. The number of aromatic amines is 1. The molecule has 5 nitrogen and oxygen atoms in total. The van der Waals surface area contributed by atoms with E-state index in [1.807, 2.05) is 0 Å². The molecule has 2 aromatic rings. The van der Waals surface area contributed by atoms with Crippen molar-refractivity contribution in [1.29, 1.82) is 5.26 Å². The molecule has 0 aliphatic rings. The molecule has 0 saturated carbocycles. The lowest BCUT2D eigenvalue weighted by Crippen LogP contribution is -2.12. The Morgan fingerprint density at radius 1 is 1.50 bits per heavy atom. The number of carbonyl (C=O) groups excluding carboxylic acids is 1. The van der Waals surface area contributed by atoms with E-state index >= 15 is 0 Å². The molecule has 2 heterocycles. The molecular weight excluding hydrogens is 290 g/mol. The quantitative estimate of drug-likeness (QED) is 0.697. The minimum atomic E-state index is -3.17. The molecule has 2 rings (SSSR count). The van der Waals surface area contributed by atoms with Crippen molar-refractivity contribution in [2.45, 2.75) is 13.3 Å². The zero-order chi connectivity index (χ0) is 14.9. The molecule has 0 fully saturated rings. The van der Waals surface area contributed by atoms with Crippen molar-refractivity contribution in [2.75, 3.05) is 0 Å². The second kappa shape index (κ2) is 5.35. The van der Waals surface area contributed by atoms with E-state index in [2.05, 4.69) is 15.2 Å². The van der Waals surface area contributed by atoms with Gasteiger partial charge in [-0.05, 0) is 19.1 Å². The topological polar surface area (TPSA) is 82.4 Å². The molecule has 0 atom stereocenters. The highest BCUT2D eigenvalue weighted by Gasteiger charge is 2.26. The van der Waals surface area contributed by atoms with Crippen LogP contribution >= 0.6 is 11.6 Å². The van der Waals surface area contributed by atoms with Gasteiger partial charge in [-0.3, -0.25) is 9.89 Å². The molecule has 0 radical (unpaired) electrons. The number of aryl methyl sites for hydroxylation is 1. The molecule has 0 aromatic carbocycles. The predicted octanol–water partition coefficient (Wildman–Crippen LogP) is 2.75. The number of hydrogen-bond acceptors (Lipinski definition) is 4. The van der Waals surface area contributed by atoms with Crippen LogP contribution in [-0.2, 0) is 0 Å². The van der Waals surface area contributed by atoms with Gasteiger partial charge in [-0.25, -0.2) is 13.8 Å². The fourth-order valence-electron chi connectivity index (χ4n) is 1.74. The van der Waals surface area contributed by atoms with E-state index < -0.39 is 12.2 Å². The van der Waals surface area contributed by atoms with Crippen molar-refractivity contribution >= 4 is 17.4 Å². The largest absolute Gasteiger partial charge is 0.300 e. The van der Waals surface area contributed by atoms with Gasteiger partial charge < -0.3 is 0 Å². The summed E-state index contributed by atoms with van der Waals surface area (Å²) in [4.78, 5) is 15.4. The standard InChI is InChI=1S/C12H7ClF2N4O/c1-5-9(7(4-16)19-18-5)10-6(11(20)12(14)15)2-3-8(13)17-10/h2-3,12H,1H3,(H,18,19). The Morgan fingerprint density at radius 3 is 2.80 bits per heavy atom. The van der Waals surface area contributed by atoms with E-state index in [4.69, 9.17) is 16.9 Å². The third kappa shape index (κ3) is 2.38. The van der Waals surface area contributed by atoms with E-state index in [-0.39, 0.29) is 27.7 Å². The first-order valence-electron chi connectivity index (χ1n) is 5.40. The van der Waals surface area contributed by atoms with Crippen LogP contribution in [-0.4, -0.2) is 27.4 Å². The zero-order valence-corrected chi connectivity index (χ0v) is 10.9. The summed E-state index contributed by atoms with van der Waals surface area (Å²) in [6, 6.07) is 4.20. The van der Waals surface area contributed by atoms with Crippen molar-refractivity contribution in [3.63, 3.8) is 0 Å². The highest BCUT2D eigenvalue weighted by molar-refractivity contribution is 6.29. The Bertz CT molecular complexity index is 721. The molecule has 102 valence electrons. The third-order valence-electron chi connectivity index (χ3n) is 2.61. The Morgan fingerprint density at radius 2 is 2.20 bits per heavy atom. The molecule has 1 N–H and O–H groups in total. The molecule has 0 aliphatic carbocycles. The first kappa shape index (κ1) is 14.1. The average Bonchev–Trinajstić information content (AvgIpc) is 2.78. The molecule has 0 spiro atoms. The first-order valence-corrected chi connectivity index (χ1v) is 5.77. The lowest BCUT2D eigenvalue weighted by Gasteiger charge is -2.07. The average molecular weight is 297 g/mol. The van der Waals surface area contributed by atoms with E-state index in [0.717, 1.165) is 6.07 Å². The molecule has 0 bridgehead atoms. The molecule has 8 heteroatoms. The van der Waals surface area contributed by atoms with Crippen LogP contribution in [0.3, 0.4) is 0 Å². The molecule has 2 aromatic heterocycles. The predicted molar refractivity (Wildman–Crippen MR) is 66.6 cm³/mol. The van der Waals surface area contributed by atoms with Crippen molar-refractivity contribution < 1.29 is 13.6 Å². The summed E-state index contributed by atoms with van der Waals surface area (Å²) in [6.45, 7) is 1.59. The zero-order valence-electron chi connectivity index (χ0n) is 10.1. The number of alkyl halides is 2. The number of nitrogens with one attached hydrogen (secondary N) is 1. The number of Topliss-reactive ketones (excluding diaryl/α,β-unsaturated/α-hetero) is 1. The minimum absolute atomic E-state index is 0.0234. The van der Waals surface area contributed by atoms with Crippen molar-refractivity contribution in [3.05, 3.63) is 34.2 Å². The fourth-order valence-corrected chi connectivity index (χ4v) is 1.89. The van der Waals surface area contributed by atoms with Gasteiger partial charge in [0.05, 0.1) is 16.8 Å². The number of pyridine rings is 1. The number of hydrogen-bond donors (Lipinski definition) is 1. The van der Waals surface area contributed by atoms with Crippen LogP contribution in [0.4, 0.5) is 8.78 Å². The summed E-state index contributed by atoms with van der Waals surface area (Å²) in [5.41, 5.74) is 0.204. The van der Waals surface area contributed by atoms with Gasteiger partial charge in [0.2, 0.25) is 5.78 Å². The van der Waals surface area contributed by atoms with Gasteiger partial charge in [0.15, 0.2) is 5.69 Å². The second-order valence-electron chi connectivity index (χ2n) is 3.88. The monoisotopic (exact) mass is 296 g/mol. The van der Waals surface area contributed by atoms with E-state index in [0.29, 0.717) is 5.69 Å². The van der Waals surface area contributed by atoms with Crippen molar-refractivity contribution in [3.8, 4) is 17.3 Å². The van der Waals surface area contributed by atoms with Gasteiger partial charge in [-0.2, -0.15) is 10.4 Å². The van der Waals surface area contributed by atoms with E-state index in [1.165, 1.54) is 6.07 Å². The van der Waals surface area contributed by atoms with Crippen LogP contribution in [0, 0.1) is 18.3 Å². The molecular formula is C12H7ClF2N4O. The summed E-state index contributed by atoms with van der Waals surface area (Å²) in [5.74, 6) is -1.38. The summed E-state index contributed by atoms with van der Waals surface area (Å²) < 4.78 is 25.2. The Hall–Kier alpha value is -2.33. The fraction of sp³-hybridized carbons (Fsp3) is 0.167. The van der Waals surface area contributed by atoms with Crippen LogP contribution < -0.4 is 0 Å². The highest BCUT2D eigenvalue weighted by Crippen LogP contribution is 2.29. The van der Waals surface area contributed by atoms with Gasteiger partial charge in [0.25, 0.3) is 0 Å². The lowest BCUT2D eigenvalue weighted by molar-refractivity contribution is 0.0679. The Labute approximate surface area is 117 Å². The number of nitrogens with zero attached hydrogens (tertiary/aromatic N) is 3. The minimum Gasteiger partial charge on any atom is -0.288 e. The third-order valence-corrected chi connectivity index (χ3v) is 2.83. The number of carbonyl (C=O) groups is 1. The van der Waals surface area contributed by atoms with Crippen molar-refractivity contribution in [2.24, 2.45) is 0 Å². The number of H-pyrrole nitrogens is 1. The normalized spacial score (nSPS) is 10.6. The first-order chi connectivity index (χ1) is 9.45. The second-order valence-corrected chi connectivity index (χ2v) is 4.27. The van der Waals surface area contributed by atoms with Gasteiger partial charge in [-0.15, -0.1) is 0 Å². The maximum absolute atomic E-state index is 12.6. The summed E-state index contributed by atoms with van der Waals surface area (Å²) in [5, 5.41) is 15.3. The molecule has 20 heavy (non-hydrogen) atoms. The molecule has 0 saturated heterocycles. The lowest BCUT2D eigenvalue weighted by atomic mass is 10.0. The highest BCUT2D eigenvalue weighted by atomic mass is 35.5. The van der Waals surface area contributed by atoms with Crippen LogP contribution in [0.1, 0.15) is 21.7 Å². The summed E-state index contributed by atoms with van der Waals surface area (Å²) in [7, 11) is 0. The maximum Gasteiger partial charge on any atom is 0.300 e. The van der Waals surface area contributed by atoms with E-state index in [9.17, 15) is 13.6 Å². The van der Waals surface area contributed by atoms with Gasteiger partial charge in [0.1, 0.15) is 11.2 Å². The van der Waals surface area contributed by atoms with Gasteiger partial charge in [0, 0.05) is 5.69 Å².